The molecule has 0 radical (unpaired) electrons. The van der Waals surface area contributed by atoms with Crippen LogP contribution < -0.4 is 5.32 Å². The third-order valence-corrected chi connectivity index (χ3v) is 4.77. The van der Waals surface area contributed by atoms with Crippen LogP contribution in [-0.2, 0) is 6.42 Å². The summed E-state index contributed by atoms with van der Waals surface area (Å²) in [4.78, 5) is 0. The van der Waals surface area contributed by atoms with Crippen LogP contribution in [0.15, 0.2) is 24.3 Å². The molecular weight excluding hydrogens is 226 g/mol. The van der Waals surface area contributed by atoms with Crippen LogP contribution in [0.1, 0.15) is 37.4 Å². The summed E-state index contributed by atoms with van der Waals surface area (Å²) in [6.07, 6.45) is 2.49. The fourth-order valence-electron chi connectivity index (χ4n) is 2.60. The summed E-state index contributed by atoms with van der Waals surface area (Å²) in [6, 6.07) is 9.67. The molecule has 1 N–H and O–H groups in total. The van der Waals surface area contributed by atoms with Gasteiger partial charge in [0, 0.05) is 6.04 Å². The highest BCUT2D eigenvalue weighted by Crippen LogP contribution is 2.34. The summed E-state index contributed by atoms with van der Waals surface area (Å²) in [5.41, 5.74) is 2.94. The Kier molecular flexibility index (Phi) is 4.93. The Morgan fingerprint density at radius 3 is 2.94 bits per heavy atom. The molecule has 2 rings (SSSR count). The Morgan fingerprint density at radius 1 is 1.41 bits per heavy atom. The van der Waals surface area contributed by atoms with Crippen LogP contribution in [0.3, 0.4) is 0 Å². The van der Waals surface area contributed by atoms with Crippen molar-refractivity contribution < 1.29 is 0 Å². The highest BCUT2D eigenvalue weighted by atomic mass is 32.2. The Hall–Kier alpha value is -0.470. The van der Waals surface area contributed by atoms with Gasteiger partial charge in [0.2, 0.25) is 0 Å². The predicted octanol–water partition coefficient (Wildman–Crippen LogP) is 3.65. The topological polar surface area (TPSA) is 12.0 Å². The molecule has 1 aliphatic heterocycles. The lowest BCUT2D eigenvalue weighted by atomic mass is 9.91. The van der Waals surface area contributed by atoms with Crippen LogP contribution in [0.25, 0.3) is 0 Å². The zero-order valence-electron chi connectivity index (χ0n) is 10.9. The van der Waals surface area contributed by atoms with Crippen LogP contribution in [0.4, 0.5) is 0 Å². The molecule has 0 bridgehead atoms. The largest absolute Gasteiger partial charge is 0.310 e. The van der Waals surface area contributed by atoms with Crippen molar-refractivity contribution in [2.24, 2.45) is 5.92 Å². The Morgan fingerprint density at radius 2 is 2.29 bits per heavy atom. The highest BCUT2D eigenvalue weighted by molar-refractivity contribution is 7.99. The van der Waals surface area contributed by atoms with E-state index in [1.807, 2.05) is 0 Å². The zero-order chi connectivity index (χ0) is 12.1. The van der Waals surface area contributed by atoms with Crippen molar-refractivity contribution in [3.63, 3.8) is 0 Å². The minimum atomic E-state index is 0.557. The van der Waals surface area contributed by atoms with Crippen molar-refractivity contribution in [1.82, 2.24) is 5.32 Å². The third-order valence-electron chi connectivity index (χ3n) is 3.58. The first-order valence-corrected chi connectivity index (χ1v) is 7.90. The number of benzene rings is 1. The number of aryl methyl sites for hydroxylation is 1. The highest BCUT2D eigenvalue weighted by Gasteiger charge is 2.25. The Labute approximate surface area is 109 Å². The monoisotopic (exact) mass is 249 g/mol. The molecule has 2 unspecified atom stereocenters. The van der Waals surface area contributed by atoms with E-state index >= 15 is 0 Å². The minimum Gasteiger partial charge on any atom is -0.310 e. The summed E-state index contributed by atoms with van der Waals surface area (Å²) < 4.78 is 0. The molecule has 1 saturated heterocycles. The van der Waals surface area contributed by atoms with E-state index in [0.717, 1.165) is 18.9 Å². The summed E-state index contributed by atoms with van der Waals surface area (Å²) in [5, 5.41) is 3.68. The van der Waals surface area contributed by atoms with Crippen LogP contribution in [-0.4, -0.2) is 18.1 Å². The summed E-state index contributed by atoms with van der Waals surface area (Å²) in [6.45, 7) is 5.49. The molecule has 2 atom stereocenters. The maximum absolute atomic E-state index is 3.68. The first-order valence-electron chi connectivity index (χ1n) is 6.75. The second kappa shape index (κ2) is 6.46. The summed E-state index contributed by atoms with van der Waals surface area (Å²) in [7, 11) is 0. The quantitative estimate of drug-likeness (QED) is 0.855. The summed E-state index contributed by atoms with van der Waals surface area (Å²) >= 11 is 2.10. The average molecular weight is 249 g/mol. The van der Waals surface area contributed by atoms with Gasteiger partial charge in [0.25, 0.3) is 0 Å². The number of thioether (sulfide) groups is 1. The zero-order valence-corrected chi connectivity index (χ0v) is 11.7. The van der Waals surface area contributed by atoms with Crippen molar-refractivity contribution in [3.05, 3.63) is 35.4 Å². The first-order chi connectivity index (χ1) is 8.35. The van der Waals surface area contributed by atoms with Gasteiger partial charge in [-0.15, -0.1) is 0 Å². The third kappa shape index (κ3) is 3.26. The van der Waals surface area contributed by atoms with E-state index in [-0.39, 0.29) is 0 Å². The van der Waals surface area contributed by atoms with Gasteiger partial charge in [0.1, 0.15) is 0 Å². The van der Waals surface area contributed by atoms with E-state index in [2.05, 4.69) is 55.2 Å². The van der Waals surface area contributed by atoms with Crippen LogP contribution in [0.2, 0.25) is 0 Å². The molecule has 0 spiro atoms. The minimum absolute atomic E-state index is 0.557. The number of rotatable bonds is 5. The molecule has 1 heterocycles. The van der Waals surface area contributed by atoms with E-state index in [1.165, 1.54) is 29.1 Å². The maximum Gasteiger partial charge on any atom is 0.0356 e. The smallest absolute Gasteiger partial charge is 0.0356 e. The van der Waals surface area contributed by atoms with E-state index in [1.54, 1.807) is 0 Å². The maximum atomic E-state index is 3.68. The van der Waals surface area contributed by atoms with Gasteiger partial charge < -0.3 is 5.32 Å². The van der Waals surface area contributed by atoms with Gasteiger partial charge >= 0.3 is 0 Å². The molecule has 2 heteroatoms. The Balaban J connectivity index is 2.18. The van der Waals surface area contributed by atoms with Gasteiger partial charge in [0.15, 0.2) is 0 Å². The second-order valence-corrected chi connectivity index (χ2v) is 5.91. The lowest BCUT2D eigenvalue weighted by molar-refractivity contribution is 0.401. The molecule has 1 aromatic carbocycles. The van der Waals surface area contributed by atoms with Crippen LogP contribution >= 0.6 is 11.8 Å². The molecule has 0 amide bonds. The molecule has 17 heavy (non-hydrogen) atoms. The van der Waals surface area contributed by atoms with Crippen molar-refractivity contribution in [2.45, 2.75) is 32.7 Å². The van der Waals surface area contributed by atoms with Crippen LogP contribution in [0.5, 0.6) is 0 Å². The second-order valence-electron chi connectivity index (χ2n) is 4.76. The normalized spacial score (nSPS) is 21.6. The van der Waals surface area contributed by atoms with Gasteiger partial charge in [-0.2, -0.15) is 11.8 Å². The van der Waals surface area contributed by atoms with Gasteiger partial charge in [0.05, 0.1) is 0 Å². The van der Waals surface area contributed by atoms with Gasteiger partial charge in [-0.1, -0.05) is 38.1 Å². The lowest BCUT2D eigenvalue weighted by Gasteiger charge is -2.24. The SMILES string of the molecule is CCNC(c1cccc(CC)c1)C1CCSC1. The molecule has 1 fully saturated rings. The molecule has 0 saturated carbocycles. The molecular formula is C15H23NS. The van der Waals surface area contributed by atoms with Gasteiger partial charge in [-0.05, 0) is 47.9 Å². The number of hydrogen-bond donors (Lipinski definition) is 1. The predicted molar refractivity (Wildman–Crippen MR) is 77.7 cm³/mol. The van der Waals surface area contributed by atoms with Crippen molar-refractivity contribution in [3.8, 4) is 0 Å². The molecule has 94 valence electrons. The first kappa shape index (κ1) is 13.0. The van der Waals surface area contributed by atoms with Crippen molar-refractivity contribution >= 4 is 11.8 Å². The van der Waals surface area contributed by atoms with Crippen molar-refractivity contribution in [2.75, 3.05) is 18.1 Å². The Bertz CT molecular complexity index is 345. The number of hydrogen-bond acceptors (Lipinski definition) is 2. The van der Waals surface area contributed by atoms with E-state index in [0.29, 0.717) is 6.04 Å². The van der Waals surface area contributed by atoms with Gasteiger partial charge in [-0.25, -0.2) is 0 Å². The number of nitrogens with one attached hydrogen (secondary N) is 1. The average Bonchev–Trinajstić information content (AvgIpc) is 2.89. The van der Waals surface area contributed by atoms with E-state index in [4.69, 9.17) is 0 Å². The molecule has 0 aromatic heterocycles. The van der Waals surface area contributed by atoms with Crippen LogP contribution in [0, 0.1) is 5.92 Å². The van der Waals surface area contributed by atoms with E-state index < -0.39 is 0 Å². The fraction of sp³-hybridized carbons (Fsp3) is 0.600. The fourth-order valence-corrected chi connectivity index (χ4v) is 3.90. The molecule has 1 nitrogen and oxygen atoms in total. The van der Waals surface area contributed by atoms with E-state index in [9.17, 15) is 0 Å². The standard InChI is InChI=1S/C15H23NS/c1-3-12-6-5-7-13(10-12)15(16-4-2)14-8-9-17-11-14/h5-7,10,14-16H,3-4,8-9,11H2,1-2H3. The van der Waals surface area contributed by atoms with Crippen molar-refractivity contribution in [1.29, 1.82) is 0 Å². The van der Waals surface area contributed by atoms with Gasteiger partial charge in [-0.3, -0.25) is 0 Å². The lowest BCUT2D eigenvalue weighted by Crippen LogP contribution is -2.28. The molecule has 1 aromatic rings. The molecule has 1 aliphatic rings. The molecule has 0 aliphatic carbocycles. The summed E-state index contributed by atoms with van der Waals surface area (Å²) in [5.74, 6) is 3.46.